The predicted molar refractivity (Wildman–Crippen MR) is 98.3 cm³/mol. The lowest BCUT2D eigenvalue weighted by atomic mass is 10.3. The minimum absolute atomic E-state index is 0.0848. The Morgan fingerprint density at radius 3 is 2.68 bits per heavy atom. The van der Waals surface area contributed by atoms with Crippen LogP contribution in [0.2, 0.25) is 5.02 Å². The highest BCUT2D eigenvalue weighted by Gasteiger charge is 2.31. The molecule has 0 aliphatic heterocycles. The van der Waals surface area contributed by atoms with Crippen LogP contribution >= 0.6 is 23.4 Å². The fourth-order valence-corrected chi connectivity index (χ4v) is 3.11. The van der Waals surface area contributed by atoms with Crippen LogP contribution in [0.4, 0.5) is 13.2 Å². The van der Waals surface area contributed by atoms with E-state index in [-0.39, 0.29) is 34.0 Å². The average Bonchev–Trinajstić information content (AvgIpc) is 3.17. The number of amides is 2. The molecule has 0 radical (unpaired) electrons. The summed E-state index contributed by atoms with van der Waals surface area (Å²) in [5.41, 5.74) is -0.908. The van der Waals surface area contributed by atoms with Gasteiger partial charge in [-0.1, -0.05) is 11.6 Å². The summed E-state index contributed by atoms with van der Waals surface area (Å²) in [4.78, 5) is 27.1. The van der Waals surface area contributed by atoms with Crippen LogP contribution < -0.4 is 10.6 Å². The van der Waals surface area contributed by atoms with Gasteiger partial charge in [-0.05, 0) is 24.6 Å². The summed E-state index contributed by atoms with van der Waals surface area (Å²) in [6.07, 6.45) is -1.69. The number of halogens is 4. The molecule has 11 heteroatoms. The molecule has 0 atom stereocenters. The summed E-state index contributed by atoms with van der Waals surface area (Å²) in [5, 5.41) is 5.50. The summed E-state index contributed by atoms with van der Waals surface area (Å²) < 4.78 is 42.6. The van der Waals surface area contributed by atoms with Gasteiger partial charge in [0.25, 0.3) is 5.91 Å². The number of nitrogens with one attached hydrogen (secondary N) is 2. The van der Waals surface area contributed by atoms with E-state index in [2.05, 4.69) is 15.6 Å². The fourth-order valence-electron chi connectivity index (χ4n) is 2.06. The van der Waals surface area contributed by atoms with Gasteiger partial charge in [-0.15, -0.1) is 11.8 Å². The van der Waals surface area contributed by atoms with Gasteiger partial charge in [0.2, 0.25) is 5.91 Å². The SMILES string of the molecule is O=C(CCCNC(=O)c1ccco1)NCCSc1ncc(C(F)(F)F)cc1Cl. The number of carbonyl (C=O) groups excluding carboxylic acids is 2. The number of carbonyl (C=O) groups is 2. The standard InChI is InChI=1S/C17H17ClF3N3O3S/c18-12-9-11(17(19,20)21)10-24-16(12)28-8-6-22-14(25)4-1-5-23-15(26)13-3-2-7-27-13/h2-3,7,9-10H,1,4-6,8H2,(H,22,25)(H,23,26). The molecule has 0 bridgehead atoms. The van der Waals surface area contributed by atoms with E-state index in [9.17, 15) is 22.8 Å². The second-order valence-corrected chi connectivity index (χ2v) is 7.03. The monoisotopic (exact) mass is 435 g/mol. The maximum absolute atomic E-state index is 12.6. The molecule has 0 aromatic carbocycles. The molecular formula is C17H17ClF3N3O3S. The zero-order valence-electron chi connectivity index (χ0n) is 14.5. The van der Waals surface area contributed by atoms with Crippen LogP contribution in [-0.2, 0) is 11.0 Å². The van der Waals surface area contributed by atoms with E-state index in [4.69, 9.17) is 16.0 Å². The van der Waals surface area contributed by atoms with Gasteiger partial charge in [0, 0.05) is 31.5 Å². The first-order valence-corrected chi connectivity index (χ1v) is 9.57. The van der Waals surface area contributed by atoms with E-state index < -0.39 is 11.7 Å². The molecule has 0 saturated heterocycles. The number of pyridine rings is 1. The van der Waals surface area contributed by atoms with E-state index in [0.717, 1.165) is 24.0 Å². The third-order valence-electron chi connectivity index (χ3n) is 3.41. The molecule has 0 aliphatic rings. The van der Waals surface area contributed by atoms with Crippen LogP contribution in [-0.4, -0.2) is 35.6 Å². The summed E-state index contributed by atoms with van der Waals surface area (Å²) in [7, 11) is 0. The fraction of sp³-hybridized carbons (Fsp3) is 0.353. The highest BCUT2D eigenvalue weighted by molar-refractivity contribution is 7.99. The first-order valence-electron chi connectivity index (χ1n) is 8.21. The van der Waals surface area contributed by atoms with Crippen molar-refractivity contribution in [1.82, 2.24) is 15.6 Å². The molecular weight excluding hydrogens is 419 g/mol. The highest BCUT2D eigenvalue weighted by Crippen LogP contribution is 2.33. The van der Waals surface area contributed by atoms with Crippen molar-refractivity contribution in [3.8, 4) is 0 Å². The molecule has 28 heavy (non-hydrogen) atoms. The molecule has 2 N–H and O–H groups in total. The quantitative estimate of drug-likeness (QED) is 0.462. The van der Waals surface area contributed by atoms with Crippen molar-refractivity contribution < 1.29 is 27.2 Å². The van der Waals surface area contributed by atoms with Crippen molar-refractivity contribution in [2.75, 3.05) is 18.8 Å². The molecule has 2 aromatic rings. The first-order chi connectivity index (χ1) is 13.3. The van der Waals surface area contributed by atoms with Crippen LogP contribution in [0.5, 0.6) is 0 Å². The molecule has 152 valence electrons. The topological polar surface area (TPSA) is 84.2 Å². The van der Waals surface area contributed by atoms with Crippen LogP contribution in [0.25, 0.3) is 0 Å². The molecule has 2 heterocycles. The van der Waals surface area contributed by atoms with Crippen molar-refractivity contribution in [3.63, 3.8) is 0 Å². The van der Waals surface area contributed by atoms with Crippen molar-refractivity contribution in [1.29, 1.82) is 0 Å². The van der Waals surface area contributed by atoms with E-state index in [1.165, 1.54) is 12.3 Å². The Bertz CT molecular complexity index is 801. The van der Waals surface area contributed by atoms with Gasteiger partial charge in [0.05, 0.1) is 16.8 Å². The second-order valence-electron chi connectivity index (χ2n) is 5.54. The van der Waals surface area contributed by atoms with Gasteiger partial charge >= 0.3 is 6.18 Å². The molecule has 0 saturated carbocycles. The van der Waals surface area contributed by atoms with Gasteiger partial charge in [-0.3, -0.25) is 9.59 Å². The molecule has 0 aliphatic carbocycles. The number of thioether (sulfide) groups is 1. The number of rotatable bonds is 9. The first kappa shape index (κ1) is 22.1. The van der Waals surface area contributed by atoms with E-state index in [1.54, 1.807) is 6.07 Å². The summed E-state index contributed by atoms with van der Waals surface area (Å²) >= 11 is 6.96. The van der Waals surface area contributed by atoms with Crippen molar-refractivity contribution in [2.45, 2.75) is 24.0 Å². The molecule has 0 fully saturated rings. The zero-order valence-corrected chi connectivity index (χ0v) is 16.1. The normalized spacial score (nSPS) is 11.3. The van der Waals surface area contributed by atoms with Crippen molar-refractivity contribution >= 4 is 35.2 Å². The number of hydrogen-bond acceptors (Lipinski definition) is 5. The number of hydrogen-bond donors (Lipinski definition) is 2. The summed E-state index contributed by atoms with van der Waals surface area (Å²) in [6.45, 7) is 0.633. The number of furan rings is 1. The lowest BCUT2D eigenvalue weighted by molar-refractivity contribution is -0.137. The summed E-state index contributed by atoms with van der Waals surface area (Å²) in [6, 6.07) is 3.97. The number of alkyl halides is 3. The Kier molecular flexibility index (Phi) is 8.18. The van der Waals surface area contributed by atoms with Gasteiger partial charge in [0.1, 0.15) is 5.03 Å². The van der Waals surface area contributed by atoms with Gasteiger partial charge in [0.15, 0.2) is 5.76 Å². The van der Waals surface area contributed by atoms with Crippen LogP contribution in [0, 0.1) is 0 Å². The Balaban J connectivity index is 1.60. The van der Waals surface area contributed by atoms with Crippen molar-refractivity contribution in [3.05, 3.63) is 47.0 Å². The van der Waals surface area contributed by atoms with Crippen LogP contribution in [0.3, 0.4) is 0 Å². The third-order valence-corrected chi connectivity index (χ3v) is 4.82. The van der Waals surface area contributed by atoms with Crippen molar-refractivity contribution in [2.24, 2.45) is 0 Å². The Hall–Kier alpha value is -2.20. The minimum Gasteiger partial charge on any atom is -0.459 e. The summed E-state index contributed by atoms with van der Waals surface area (Å²) in [5.74, 6) is 0.0676. The third kappa shape index (κ3) is 7.08. The van der Waals surface area contributed by atoms with Gasteiger partial charge in [-0.2, -0.15) is 13.2 Å². The Labute approximate surface area is 168 Å². The van der Waals surface area contributed by atoms with E-state index in [1.807, 2.05) is 0 Å². The van der Waals surface area contributed by atoms with Crippen LogP contribution in [0.1, 0.15) is 29.0 Å². The lowest BCUT2D eigenvalue weighted by Gasteiger charge is -2.09. The van der Waals surface area contributed by atoms with E-state index in [0.29, 0.717) is 25.3 Å². The average molecular weight is 436 g/mol. The lowest BCUT2D eigenvalue weighted by Crippen LogP contribution is -2.28. The Morgan fingerprint density at radius 1 is 1.25 bits per heavy atom. The number of aromatic nitrogens is 1. The van der Waals surface area contributed by atoms with Crippen LogP contribution in [0.15, 0.2) is 40.1 Å². The molecule has 0 spiro atoms. The largest absolute Gasteiger partial charge is 0.459 e. The predicted octanol–water partition coefficient (Wildman–Crippen LogP) is 3.77. The molecule has 6 nitrogen and oxygen atoms in total. The van der Waals surface area contributed by atoms with Gasteiger partial charge in [-0.25, -0.2) is 4.98 Å². The molecule has 2 rings (SSSR count). The molecule has 2 aromatic heterocycles. The zero-order chi connectivity index (χ0) is 20.6. The smallest absolute Gasteiger partial charge is 0.417 e. The second kappa shape index (κ2) is 10.4. The highest BCUT2D eigenvalue weighted by atomic mass is 35.5. The Morgan fingerprint density at radius 2 is 2.04 bits per heavy atom. The number of nitrogens with zero attached hydrogens (tertiary/aromatic N) is 1. The minimum atomic E-state index is -4.49. The van der Waals surface area contributed by atoms with Gasteiger partial charge < -0.3 is 15.1 Å². The maximum atomic E-state index is 12.6. The molecule has 0 unspecified atom stereocenters. The maximum Gasteiger partial charge on any atom is 0.417 e. The van der Waals surface area contributed by atoms with E-state index >= 15 is 0 Å². The molecule has 2 amide bonds.